The average molecular weight is 533 g/mol. The quantitative estimate of drug-likeness (QED) is 0.160. The largest absolute Gasteiger partial charge is 2.00 e. The number of hydrogen-bond acceptors (Lipinski definition) is 10. The van der Waals surface area contributed by atoms with Crippen molar-refractivity contribution in [1.82, 2.24) is 30.6 Å². The number of nitrogens with one attached hydrogen (secondary N) is 4. The Bertz CT molecular complexity index is 912. The van der Waals surface area contributed by atoms with Gasteiger partial charge in [0.05, 0.1) is 60.1 Å². The minimum atomic E-state index is -1.36. The third kappa shape index (κ3) is 10.7. The molecule has 14 nitrogen and oxygen atoms in total. The molecule has 0 saturated heterocycles. The summed E-state index contributed by atoms with van der Waals surface area (Å²) in [7, 11) is 0. The third-order valence-corrected chi connectivity index (χ3v) is 4.69. The first-order chi connectivity index (χ1) is 15.8. The fraction of sp³-hybridized carbons (Fsp3) is 0.500. The first-order valence-electron chi connectivity index (χ1n) is 10.3. The minimum Gasteiger partial charge on any atom is -0.548 e. The van der Waals surface area contributed by atoms with Crippen LogP contribution in [0.2, 0.25) is 0 Å². The fourth-order valence-electron chi connectivity index (χ4n) is 2.57. The Hall–Kier alpha value is -3.26. The minimum absolute atomic E-state index is 0. The van der Waals surface area contributed by atoms with Crippen LogP contribution in [0.5, 0.6) is 0 Å². The molecule has 15 heteroatoms. The summed E-state index contributed by atoms with van der Waals surface area (Å²) >= 11 is 0. The van der Waals surface area contributed by atoms with E-state index in [-0.39, 0.29) is 29.9 Å². The number of carboxylic acid groups (broad SMARTS) is 2. The second-order valence-corrected chi connectivity index (χ2v) is 7.69. The summed E-state index contributed by atoms with van der Waals surface area (Å²) in [6.07, 6.45) is 3.06. The van der Waals surface area contributed by atoms with Crippen molar-refractivity contribution >= 4 is 23.8 Å². The van der Waals surface area contributed by atoms with E-state index in [1.807, 2.05) is 0 Å². The molecule has 35 heavy (non-hydrogen) atoms. The Kier molecular flexibility index (Phi) is 13.5. The van der Waals surface area contributed by atoms with Crippen molar-refractivity contribution in [2.75, 3.05) is 0 Å². The van der Waals surface area contributed by atoms with Crippen molar-refractivity contribution in [3.8, 4) is 0 Å². The van der Waals surface area contributed by atoms with Gasteiger partial charge >= 0.3 is 17.1 Å². The topological polar surface area (TPSA) is 248 Å². The number of aliphatic carboxylic acids is 2. The number of rotatable bonds is 10. The molecule has 2 aromatic heterocycles. The number of amides is 2. The van der Waals surface area contributed by atoms with Crippen LogP contribution in [0.3, 0.4) is 0 Å². The first kappa shape index (κ1) is 31.7. The first-order valence-corrected chi connectivity index (χ1v) is 10.3. The van der Waals surface area contributed by atoms with Crippen LogP contribution in [-0.4, -0.2) is 67.9 Å². The number of H-pyrrole nitrogens is 2. The molecule has 193 valence electrons. The molecule has 2 amide bonds. The van der Waals surface area contributed by atoms with Crippen molar-refractivity contribution < 1.29 is 46.5 Å². The summed E-state index contributed by atoms with van der Waals surface area (Å²) in [5.41, 5.74) is 13.3. The summed E-state index contributed by atoms with van der Waals surface area (Å²) < 4.78 is 0. The number of hydrogen-bond donors (Lipinski definition) is 6. The Labute approximate surface area is 212 Å². The van der Waals surface area contributed by atoms with E-state index in [1.54, 1.807) is 13.8 Å². The summed E-state index contributed by atoms with van der Waals surface area (Å²) in [6, 6.07) is -3.79. The maximum absolute atomic E-state index is 11.3. The van der Waals surface area contributed by atoms with Gasteiger partial charge in [0.2, 0.25) is 11.8 Å². The number of carboxylic acids is 2. The Morgan fingerprint density at radius 2 is 1.14 bits per heavy atom. The zero-order valence-corrected chi connectivity index (χ0v) is 20.9. The van der Waals surface area contributed by atoms with E-state index in [4.69, 9.17) is 11.5 Å². The van der Waals surface area contributed by atoms with Gasteiger partial charge in [0, 0.05) is 24.2 Å². The molecule has 4 atom stereocenters. The molecular weight excluding hydrogens is 503 g/mol. The van der Waals surface area contributed by atoms with E-state index in [2.05, 4.69) is 30.6 Å². The standard InChI is InChI=1S/2C10H16N4O3.Mn/c2*1-5(11)9(15)14-8(10(16)17)3-7-6(2)12-4-13-7;/h2*4-5,8H,3,11H2,1-2H3,(H,12,13)(H,14,15)(H,16,17);/q;;+2/p-2/t2*5-,8-;/m00./s1. The monoisotopic (exact) mass is 533 g/mol. The number of aromatic nitrogens is 4. The van der Waals surface area contributed by atoms with E-state index in [9.17, 15) is 29.4 Å². The molecule has 8 N–H and O–H groups in total. The predicted molar refractivity (Wildman–Crippen MR) is 115 cm³/mol. The maximum atomic E-state index is 11.3. The zero-order valence-electron chi connectivity index (χ0n) is 19.8. The SMILES string of the molecule is Cc1[nH]cnc1C[C@H](NC(=O)[C@H](C)N)C(=O)[O-].Cc1[nH]cnc1C[C@H](NC(=O)[C@H](C)N)C(=O)[O-].[Mn+2]. The summed E-state index contributed by atoms with van der Waals surface area (Å²) in [6.45, 7) is 6.48. The molecule has 0 saturated carbocycles. The van der Waals surface area contributed by atoms with E-state index in [0.29, 0.717) is 11.4 Å². The number of nitrogens with two attached hydrogens (primary N) is 2. The zero-order chi connectivity index (χ0) is 26.0. The molecule has 2 aromatic rings. The van der Waals surface area contributed by atoms with Gasteiger partial charge in [-0.2, -0.15) is 0 Å². The van der Waals surface area contributed by atoms with Gasteiger partial charge in [0.25, 0.3) is 0 Å². The van der Waals surface area contributed by atoms with Crippen LogP contribution in [0.1, 0.15) is 36.6 Å². The van der Waals surface area contributed by atoms with Crippen LogP contribution in [0.25, 0.3) is 0 Å². The molecule has 2 heterocycles. The molecule has 0 aromatic carbocycles. The van der Waals surface area contributed by atoms with Gasteiger partial charge in [-0.05, 0) is 27.7 Å². The molecule has 0 aliphatic heterocycles. The number of imidazole rings is 2. The maximum Gasteiger partial charge on any atom is 2.00 e. The van der Waals surface area contributed by atoms with Gasteiger partial charge in [-0.1, -0.05) is 0 Å². The fourth-order valence-corrected chi connectivity index (χ4v) is 2.57. The number of aryl methyl sites for hydroxylation is 2. The predicted octanol–water partition coefficient (Wildman–Crippen LogP) is -4.32. The van der Waals surface area contributed by atoms with Gasteiger partial charge in [0.1, 0.15) is 0 Å². The summed E-state index contributed by atoms with van der Waals surface area (Å²) in [5.74, 6) is -3.79. The van der Waals surface area contributed by atoms with Crippen molar-refractivity contribution in [2.24, 2.45) is 11.5 Å². The van der Waals surface area contributed by atoms with Crippen molar-refractivity contribution in [1.29, 1.82) is 0 Å². The number of aromatic amines is 2. The van der Waals surface area contributed by atoms with Gasteiger partial charge in [-0.15, -0.1) is 0 Å². The van der Waals surface area contributed by atoms with Crippen LogP contribution in [-0.2, 0) is 49.1 Å². The molecule has 0 aliphatic carbocycles. The van der Waals surface area contributed by atoms with Crippen LogP contribution in [0, 0.1) is 13.8 Å². The molecule has 0 unspecified atom stereocenters. The number of nitrogens with zero attached hydrogens (tertiary/aromatic N) is 2. The van der Waals surface area contributed by atoms with Crippen LogP contribution in [0.4, 0.5) is 0 Å². The second-order valence-electron chi connectivity index (χ2n) is 7.69. The van der Waals surface area contributed by atoms with E-state index >= 15 is 0 Å². The normalized spacial score (nSPS) is 13.7. The Balaban J connectivity index is 0.000000642. The van der Waals surface area contributed by atoms with Gasteiger partial charge < -0.3 is 51.9 Å². The summed E-state index contributed by atoms with van der Waals surface area (Å²) in [4.78, 5) is 58.0. The van der Waals surface area contributed by atoms with Crippen LogP contribution >= 0.6 is 0 Å². The van der Waals surface area contributed by atoms with Gasteiger partial charge in [-0.25, -0.2) is 9.97 Å². The number of carbonyl (C=O) groups excluding carboxylic acids is 4. The van der Waals surface area contributed by atoms with Crippen molar-refractivity contribution in [2.45, 2.75) is 64.7 Å². The van der Waals surface area contributed by atoms with E-state index in [1.165, 1.54) is 26.5 Å². The van der Waals surface area contributed by atoms with E-state index in [0.717, 1.165) is 11.4 Å². The smallest absolute Gasteiger partial charge is 0.548 e. The number of carbonyl (C=O) groups is 4. The molecular formula is C20H30MnN8O6. The molecule has 0 aliphatic rings. The second kappa shape index (κ2) is 14.9. The van der Waals surface area contributed by atoms with Crippen molar-refractivity contribution in [3.63, 3.8) is 0 Å². The van der Waals surface area contributed by atoms with Gasteiger partial charge in [0.15, 0.2) is 0 Å². The molecule has 0 fully saturated rings. The van der Waals surface area contributed by atoms with Crippen LogP contribution in [0.15, 0.2) is 12.7 Å². The van der Waals surface area contributed by atoms with Gasteiger partial charge in [-0.3, -0.25) is 9.59 Å². The Morgan fingerprint density at radius 1 is 0.829 bits per heavy atom. The third-order valence-electron chi connectivity index (χ3n) is 4.69. The molecule has 2 rings (SSSR count). The van der Waals surface area contributed by atoms with Crippen molar-refractivity contribution in [3.05, 3.63) is 35.4 Å². The Morgan fingerprint density at radius 3 is 1.34 bits per heavy atom. The molecule has 0 bridgehead atoms. The van der Waals surface area contributed by atoms with E-state index < -0.39 is 47.9 Å². The summed E-state index contributed by atoms with van der Waals surface area (Å²) in [5, 5.41) is 26.4. The van der Waals surface area contributed by atoms with Crippen LogP contribution < -0.4 is 32.3 Å². The average Bonchev–Trinajstić information content (AvgIpc) is 3.34. The molecule has 0 spiro atoms. The molecule has 1 radical (unpaired) electrons.